The molecule has 3 fully saturated rings. The molecule has 12 nitrogen and oxygen atoms in total. The fraction of sp³-hybridized carbons (Fsp3) is 0.333. The molecule has 0 spiro atoms. The third kappa shape index (κ3) is 6.20. The lowest BCUT2D eigenvalue weighted by Gasteiger charge is -2.43. The Morgan fingerprint density at radius 2 is 1.52 bits per heavy atom. The van der Waals surface area contributed by atoms with Gasteiger partial charge in [0.25, 0.3) is 11.8 Å². The van der Waals surface area contributed by atoms with Crippen molar-refractivity contribution < 1.29 is 24.0 Å². The van der Waals surface area contributed by atoms with Crippen LogP contribution in [0.1, 0.15) is 65.0 Å². The van der Waals surface area contributed by atoms with Gasteiger partial charge < -0.3 is 14.7 Å². The third-order valence-corrected chi connectivity index (χ3v) is 12.9. The molecule has 5 amide bonds. The number of amides is 5. The fourth-order valence-corrected chi connectivity index (χ4v) is 9.43. The predicted molar refractivity (Wildman–Crippen MR) is 220 cm³/mol. The van der Waals surface area contributed by atoms with Crippen molar-refractivity contribution >= 4 is 63.9 Å². The molecule has 294 valence electrons. The van der Waals surface area contributed by atoms with Crippen molar-refractivity contribution in [1.29, 1.82) is 5.26 Å². The number of carbonyl (C=O) groups excluding carboxylic acids is 5. The van der Waals surface area contributed by atoms with Gasteiger partial charge in [-0.15, -0.1) is 0 Å². The maximum Gasteiger partial charge on any atom is 0.262 e. The largest absolute Gasteiger partial charge is 0.371 e. The molecule has 0 radical (unpaired) electrons. The monoisotopic (exact) mass is 795 g/mol. The van der Waals surface area contributed by atoms with Crippen molar-refractivity contribution in [2.75, 3.05) is 54.5 Å². The van der Waals surface area contributed by atoms with Crippen LogP contribution in [-0.2, 0) is 19.8 Å². The van der Waals surface area contributed by atoms with Crippen molar-refractivity contribution in [2.24, 2.45) is 5.92 Å². The van der Waals surface area contributed by atoms with Gasteiger partial charge in [-0.05, 0) is 111 Å². The first-order chi connectivity index (χ1) is 27.8. The standard InChI is InChI=1S/C45H42ClN7O5/c1-45(2)36-18-28(7-13-38(36)52(44(45)58)32-10-6-29(21-47)37(46)20-32)27-4-8-30(9-5-27)51-23-26(24-51)22-49(3)33-16-17-50(25-33)31-11-12-34-35(19-31)43(57)53(42(34)56)39-14-15-40(54)48-41(39)55/h4-13,18-20,26,33,39H,14-17,22-25H2,1-3H3,(H,48,54,55). The van der Waals surface area contributed by atoms with Gasteiger partial charge in [0.1, 0.15) is 12.1 Å². The summed E-state index contributed by atoms with van der Waals surface area (Å²) >= 11 is 6.34. The summed E-state index contributed by atoms with van der Waals surface area (Å²) in [7, 11) is 2.18. The third-order valence-electron chi connectivity index (χ3n) is 12.6. The van der Waals surface area contributed by atoms with E-state index in [1.165, 1.54) is 5.69 Å². The normalized spacial score (nSPS) is 21.4. The zero-order valence-electron chi connectivity index (χ0n) is 32.5. The summed E-state index contributed by atoms with van der Waals surface area (Å²) in [5, 5.41) is 11.9. The number of hydrogen-bond acceptors (Lipinski definition) is 9. The van der Waals surface area contributed by atoms with Crippen molar-refractivity contribution in [3.8, 4) is 17.2 Å². The molecule has 5 aliphatic heterocycles. The Balaban J connectivity index is 0.797. The smallest absolute Gasteiger partial charge is 0.262 e. The van der Waals surface area contributed by atoms with Gasteiger partial charge in [0, 0.05) is 62.5 Å². The van der Waals surface area contributed by atoms with E-state index in [-0.39, 0.29) is 18.7 Å². The highest BCUT2D eigenvalue weighted by atomic mass is 35.5. The molecule has 9 rings (SSSR count). The van der Waals surface area contributed by atoms with Crippen LogP contribution in [0.15, 0.2) is 78.9 Å². The second kappa shape index (κ2) is 14.1. The molecule has 5 aliphatic rings. The van der Waals surface area contributed by atoms with Crippen molar-refractivity contribution in [2.45, 2.75) is 50.6 Å². The molecule has 0 aromatic heterocycles. The van der Waals surface area contributed by atoms with Crippen LogP contribution in [0.3, 0.4) is 0 Å². The molecule has 4 aromatic rings. The van der Waals surface area contributed by atoms with Crippen LogP contribution in [0.2, 0.25) is 5.02 Å². The number of likely N-dealkylation sites (N-methyl/N-ethyl adjacent to an activating group) is 1. The second-order valence-electron chi connectivity index (χ2n) is 16.6. The Bertz CT molecular complexity index is 2470. The molecule has 0 bridgehead atoms. The molecule has 3 saturated heterocycles. The number of rotatable bonds is 8. The number of benzene rings is 4. The number of imide groups is 2. The van der Waals surface area contributed by atoms with Crippen LogP contribution in [-0.4, -0.2) is 91.2 Å². The number of piperidine rings is 1. The minimum Gasteiger partial charge on any atom is -0.371 e. The summed E-state index contributed by atoms with van der Waals surface area (Å²) < 4.78 is 0. The number of halogens is 1. The average molecular weight is 796 g/mol. The van der Waals surface area contributed by atoms with Gasteiger partial charge in [-0.1, -0.05) is 29.8 Å². The molecular weight excluding hydrogens is 754 g/mol. The quantitative estimate of drug-likeness (QED) is 0.217. The Labute approximate surface area is 341 Å². The summed E-state index contributed by atoms with van der Waals surface area (Å²) in [6.45, 7) is 8.43. The van der Waals surface area contributed by atoms with E-state index in [2.05, 4.69) is 63.5 Å². The van der Waals surface area contributed by atoms with Crippen LogP contribution in [0.25, 0.3) is 11.1 Å². The van der Waals surface area contributed by atoms with Crippen LogP contribution in [0.4, 0.5) is 22.7 Å². The van der Waals surface area contributed by atoms with E-state index in [0.717, 1.165) is 72.1 Å². The van der Waals surface area contributed by atoms with Gasteiger partial charge in [-0.3, -0.25) is 39.1 Å². The molecule has 2 unspecified atom stereocenters. The number of carbonyl (C=O) groups is 5. The van der Waals surface area contributed by atoms with E-state index < -0.39 is 35.1 Å². The lowest BCUT2D eigenvalue weighted by molar-refractivity contribution is -0.136. The molecule has 4 aromatic carbocycles. The summed E-state index contributed by atoms with van der Waals surface area (Å²) in [5.74, 6) is -1.49. The van der Waals surface area contributed by atoms with Crippen LogP contribution >= 0.6 is 11.6 Å². The minimum absolute atomic E-state index is 0.0453. The highest BCUT2D eigenvalue weighted by Crippen LogP contribution is 2.47. The van der Waals surface area contributed by atoms with Gasteiger partial charge >= 0.3 is 0 Å². The van der Waals surface area contributed by atoms with Crippen molar-refractivity contribution in [3.63, 3.8) is 0 Å². The first-order valence-electron chi connectivity index (χ1n) is 19.7. The minimum atomic E-state index is -0.978. The zero-order chi connectivity index (χ0) is 40.6. The maximum atomic E-state index is 13.7. The van der Waals surface area contributed by atoms with Gasteiger partial charge in [0.2, 0.25) is 17.7 Å². The molecule has 0 saturated carbocycles. The average Bonchev–Trinajstić information content (AvgIpc) is 3.84. The van der Waals surface area contributed by atoms with Crippen LogP contribution in [0.5, 0.6) is 0 Å². The summed E-state index contributed by atoms with van der Waals surface area (Å²) in [6, 6.07) is 26.6. The molecule has 5 heterocycles. The zero-order valence-corrected chi connectivity index (χ0v) is 33.3. The second-order valence-corrected chi connectivity index (χ2v) is 17.0. The highest BCUT2D eigenvalue weighted by Gasteiger charge is 2.46. The predicted octanol–water partition coefficient (Wildman–Crippen LogP) is 5.88. The molecule has 58 heavy (non-hydrogen) atoms. The van der Waals surface area contributed by atoms with E-state index in [1.54, 1.807) is 35.2 Å². The number of anilines is 4. The van der Waals surface area contributed by atoms with Crippen LogP contribution in [0, 0.1) is 17.2 Å². The summed E-state index contributed by atoms with van der Waals surface area (Å²) in [6.07, 6.45) is 1.20. The van der Waals surface area contributed by atoms with Gasteiger partial charge in [-0.25, -0.2) is 0 Å². The van der Waals surface area contributed by atoms with Gasteiger partial charge in [0.15, 0.2) is 0 Å². The number of hydrogen-bond donors (Lipinski definition) is 1. The lowest BCUT2D eigenvalue weighted by Crippen LogP contribution is -2.54. The van der Waals surface area contributed by atoms with Crippen molar-refractivity contribution in [3.05, 3.63) is 106 Å². The van der Waals surface area contributed by atoms with E-state index in [9.17, 15) is 29.2 Å². The molecular formula is C45H42ClN7O5. The Hall–Kier alpha value is -6.03. The fourth-order valence-electron chi connectivity index (χ4n) is 9.21. The van der Waals surface area contributed by atoms with E-state index in [4.69, 9.17) is 11.6 Å². The Morgan fingerprint density at radius 3 is 2.24 bits per heavy atom. The van der Waals surface area contributed by atoms with E-state index >= 15 is 0 Å². The maximum absolute atomic E-state index is 13.7. The molecule has 0 aliphatic carbocycles. The summed E-state index contributed by atoms with van der Waals surface area (Å²) in [5.41, 5.74) is 6.78. The van der Waals surface area contributed by atoms with E-state index in [1.807, 2.05) is 32.0 Å². The number of fused-ring (bicyclic) bond motifs is 2. The van der Waals surface area contributed by atoms with Gasteiger partial charge in [0.05, 0.1) is 38.5 Å². The highest BCUT2D eigenvalue weighted by molar-refractivity contribution is 6.32. The topological polar surface area (TPSA) is 137 Å². The number of nitrogens with zero attached hydrogens (tertiary/aromatic N) is 6. The number of nitriles is 1. The molecule has 2 atom stereocenters. The van der Waals surface area contributed by atoms with E-state index in [0.29, 0.717) is 39.4 Å². The Kier molecular flexibility index (Phi) is 9.13. The first kappa shape index (κ1) is 37.5. The Morgan fingerprint density at radius 1 is 0.810 bits per heavy atom. The van der Waals surface area contributed by atoms with Gasteiger partial charge in [-0.2, -0.15) is 5.26 Å². The molecule has 13 heteroatoms. The first-order valence-corrected chi connectivity index (χ1v) is 20.0. The molecule has 1 N–H and O–H groups in total. The SMILES string of the molecule is CN(CC1CN(c2ccc(-c3ccc4c(c3)C(C)(C)C(=O)N4c3ccc(C#N)c(Cl)c3)cc2)C1)C1CCN(c2ccc3c(c2)C(=O)N(C2CCC(=O)NC2=O)C3=O)C1. The number of nitrogens with one attached hydrogen (secondary N) is 1. The van der Waals surface area contributed by atoms with Crippen LogP contribution < -0.4 is 20.0 Å². The summed E-state index contributed by atoms with van der Waals surface area (Å²) in [4.78, 5) is 74.1. The lowest BCUT2D eigenvalue weighted by atomic mass is 9.84. The van der Waals surface area contributed by atoms with Crippen molar-refractivity contribution in [1.82, 2.24) is 15.1 Å².